The third-order valence-electron chi connectivity index (χ3n) is 2.66. The number of hydrogen-bond donors (Lipinski definition) is 2. The van der Waals surface area contributed by atoms with Crippen LogP contribution in [0.2, 0.25) is 0 Å². The summed E-state index contributed by atoms with van der Waals surface area (Å²) in [6, 6.07) is 3.52. The van der Waals surface area contributed by atoms with Gasteiger partial charge in [0.2, 0.25) is 11.8 Å². The molecule has 1 atom stereocenters. The van der Waals surface area contributed by atoms with Gasteiger partial charge in [0.05, 0.1) is 12.1 Å². The van der Waals surface area contributed by atoms with E-state index in [2.05, 4.69) is 26.0 Å². The van der Waals surface area contributed by atoms with Crippen molar-refractivity contribution in [3.8, 4) is 0 Å². The van der Waals surface area contributed by atoms with Gasteiger partial charge >= 0.3 is 0 Å². The molecular formula is C12H13N5O2. The lowest BCUT2D eigenvalue weighted by Gasteiger charge is -2.05. The van der Waals surface area contributed by atoms with Gasteiger partial charge in [-0.25, -0.2) is 10.9 Å². The number of hydrogen-bond acceptors (Lipinski definition) is 5. The summed E-state index contributed by atoms with van der Waals surface area (Å²) in [4.78, 5) is 26.8. The molecule has 1 aliphatic rings. The smallest absolute Gasteiger partial charge is 0.249 e. The number of rotatable bonds is 4. The van der Waals surface area contributed by atoms with E-state index in [-0.39, 0.29) is 18.2 Å². The van der Waals surface area contributed by atoms with Crippen LogP contribution in [0.1, 0.15) is 18.9 Å². The highest BCUT2D eigenvalue weighted by Crippen LogP contribution is 2.11. The summed E-state index contributed by atoms with van der Waals surface area (Å²) in [6.45, 7) is 1.70. The second-order valence-electron chi connectivity index (χ2n) is 4.06. The number of nitrogens with zero attached hydrogens (tertiary/aromatic N) is 3. The maximum absolute atomic E-state index is 11.6. The Hall–Kier alpha value is -2.57. The Balaban J connectivity index is 1.84. The first kappa shape index (κ1) is 12.9. The molecule has 0 unspecified atom stereocenters. The van der Waals surface area contributed by atoms with E-state index in [1.807, 2.05) is 0 Å². The first-order valence-corrected chi connectivity index (χ1v) is 5.73. The van der Waals surface area contributed by atoms with Gasteiger partial charge in [0, 0.05) is 24.5 Å². The summed E-state index contributed by atoms with van der Waals surface area (Å²) < 4.78 is 0. The van der Waals surface area contributed by atoms with Crippen molar-refractivity contribution in [3.05, 3.63) is 30.1 Å². The highest BCUT2D eigenvalue weighted by molar-refractivity contribution is 6.09. The first-order valence-electron chi connectivity index (χ1n) is 5.73. The fourth-order valence-corrected chi connectivity index (χ4v) is 1.59. The molecule has 1 aromatic heterocycles. The van der Waals surface area contributed by atoms with E-state index in [9.17, 15) is 9.59 Å². The van der Waals surface area contributed by atoms with Crippen LogP contribution in [-0.4, -0.2) is 28.7 Å². The van der Waals surface area contributed by atoms with Gasteiger partial charge in [-0.1, -0.05) is 0 Å². The second-order valence-corrected chi connectivity index (χ2v) is 4.06. The van der Waals surface area contributed by atoms with Gasteiger partial charge in [-0.15, -0.1) is 0 Å². The molecule has 0 saturated heterocycles. The van der Waals surface area contributed by atoms with Crippen LogP contribution in [0.4, 0.5) is 0 Å². The molecule has 2 amide bonds. The minimum Gasteiger partial charge on any atom is -0.273 e. The van der Waals surface area contributed by atoms with Crippen molar-refractivity contribution >= 4 is 23.7 Å². The van der Waals surface area contributed by atoms with E-state index in [0.29, 0.717) is 5.71 Å². The van der Waals surface area contributed by atoms with Crippen molar-refractivity contribution in [1.29, 1.82) is 0 Å². The summed E-state index contributed by atoms with van der Waals surface area (Å²) in [5, 5.41) is 7.58. The fourth-order valence-electron chi connectivity index (χ4n) is 1.59. The molecule has 7 nitrogen and oxygen atoms in total. The topological polar surface area (TPSA) is 95.8 Å². The Labute approximate surface area is 109 Å². The molecule has 0 aliphatic carbocycles. The molecule has 0 bridgehead atoms. The van der Waals surface area contributed by atoms with Crippen LogP contribution >= 0.6 is 0 Å². The van der Waals surface area contributed by atoms with E-state index < -0.39 is 5.92 Å². The number of amides is 2. The monoisotopic (exact) mass is 259 g/mol. The SMILES string of the molecule is CC1=NNC(=O)[C@H]1CC(=O)N/N=C\c1ccncc1. The number of carbonyl (C=O) groups excluding carboxylic acids is 2. The fraction of sp³-hybridized carbons (Fsp3) is 0.250. The van der Waals surface area contributed by atoms with Crippen molar-refractivity contribution in [2.45, 2.75) is 13.3 Å². The molecule has 1 aromatic rings. The molecule has 1 aliphatic heterocycles. The van der Waals surface area contributed by atoms with Crippen LogP contribution in [-0.2, 0) is 9.59 Å². The molecule has 0 aromatic carbocycles. The predicted molar refractivity (Wildman–Crippen MR) is 69.3 cm³/mol. The third kappa shape index (κ3) is 3.44. The molecule has 0 radical (unpaired) electrons. The highest BCUT2D eigenvalue weighted by Gasteiger charge is 2.28. The zero-order valence-corrected chi connectivity index (χ0v) is 10.3. The number of nitrogens with one attached hydrogen (secondary N) is 2. The molecule has 0 spiro atoms. The Morgan fingerprint density at radius 3 is 2.89 bits per heavy atom. The number of pyridine rings is 1. The highest BCUT2D eigenvalue weighted by atomic mass is 16.2. The summed E-state index contributed by atoms with van der Waals surface area (Å²) in [6.07, 6.45) is 4.81. The van der Waals surface area contributed by atoms with E-state index in [1.54, 1.807) is 31.5 Å². The average molecular weight is 259 g/mol. The predicted octanol–water partition coefficient (Wildman–Crippen LogP) is 0.0437. The molecule has 7 heteroatoms. The first-order chi connectivity index (χ1) is 9.16. The van der Waals surface area contributed by atoms with Crippen molar-refractivity contribution in [2.24, 2.45) is 16.1 Å². The average Bonchev–Trinajstić information content (AvgIpc) is 2.72. The number of aromatic nitrogens is 1. The van der Waals surface area contributed by atoms with Crippen LogP contribution < -0.4 is 10.9 Å². The van der Waals surface area contributed by atoms with Gasteiger partial charge in [0.1, 0.15) is 0 Å². The van der Waals surface area contributed by atoms with E-state index in [1.165, 1.54) is 6.21 Å². The van der Waals surface area contributed by atoms with Crippen molar-refractivity contribution in [2.75, 3.05) is 0 Å². The molecule has 19 heavy (non-hydrogen) atoms. The van der Waals surface area contributed by atoms with Crippen LogP contribution in [0.15, 0.2) is 34.7 Å². The lowest BCUT2D eigenvalue weighted by molar-refractivity contribution is -0.127. The largest absolute Gasteiger partial charge is 0.273 e. The van der Waals surface area contributed by atoms with E-state index >= 15 is 0 Å². The minimum atomic E-state index is -0.504. The number of carbonyl (C=O) groups is 2. The van der Waals surface area contributed by atoms with Gasteiger partial charge in [0.15, 0.2) is 0 Å². The van der Waals surface area contributed by atoms with Crippen molar-refractivity contribution in [3.63, 3.8) is 0 Å². The lowest BCUT2D eigenvalue weighted by Crippen LogP contribution is -2.29. The number of hydrazone groups is 2. The second kappa shape index (κ2) is 5.85. The van der Waals surface area contributed by atoms with Crippen molar-refractivity contribution in [1.82, 2.24) is 15.8 Å². The lowest BCUT2D eigenvalue weighted by atomic mass is 10.0. The Morgan fingerprint density at radius 1 is 1.53 bits per heavy atom. The van der Waals surface area contributed by atoms with Crippen LogP contribution in [0.25, 0.3) is 0 Å². The molecule has 2 rings (SSSR count). The Bertz CT molecular complexity index is 538. The van der Waals surface area contributed by atoms with E-state index in [4.69, 9.17) is 0 Å². The minimum absolute atomic E-state index is 0.0366. The zero-order chi connectivity index (χ0) is 13.7. The molecule has 98 valence electrons. The maximum Gasteiger partial charge on any atom is 0.249 e. The molecule has 2 N–H and O–H groups in total. The molecular weight excluding hydrogens is 246 g/mol. The Morgan fingerprint density at radius 2 is 2.26 bits per heavy atom. The van der Waals surface area contributed by atoms with Crippen LogP contribution in [0, 0.1) is 5.92 Å². The summed E-state index contributed by atoms with van der Waals surface area (Å²) in [7, 11) is 0. The van der Waals surface area contributed by atoms with Gasteiger partial charge in [0.25, 0.3) is 0 Å². The zero-order valence-electron chi connectivity index (χ0n) is 10.3. The van der Waals surface area contributed by atoms with E-state index in [0.717, 1.165) is 5.56 Å². The van der Waals surface area contributed by atoms with Gasteiger partial charge in [-0.3, -0.25) is 14.6 Å². The third-order valence-corrected chi connectivity index (χ3v) is 2.66. The van der Waals surface area contributed by atoms with Crippen LogP contribution in [0.3, 0.4) is 0 Å². The van der Waals surface area contributed by atoms with Gasteiger partial charge < -0.3 is 0 Å². The summed E-state index contributed by atoms with van der Waals surface area (Å²) in [5.74, 6) is -1.09. The summed E-state index contributed by atoms with van der Waals surface area (Å²) >= 11 is 0. The van der Waals surface area contributed by atoms with Gasteiger partial charge in [-0.05, 0) is 24.6 Å². The molecule has 0 fully saturated rings. The van der Waals surface area contributed by atoms with Crippen LogP contribution in [0.5, 0.6) is 0 Å². The molecule has 2 heterocycles. The normalized spacial score (nSPS) is 18.3. The standard InChI is InChI=1S/C12H13N5O2/c1-8-10(12(19)17-15-8)6-11(18)16-14-7-9-2-4-13-5-3-9/h2-5,7,10H,6H2,1H3,(H,16,18)(H,17,19)/b14-7-/t10-/m0/s1. The Kier molecular flexibility index (Phi) is 3.97. The summed E-state index contributed by atoms with van der Waals surface area (Å²) in [5.41, 5.74) is 6.14. The molecule has 0 saturated carbocycles. The van der Waals surface area contributed by atoms with Gasteiger partial charge in [-0.2, -0.15) is 10.2 Å². The maximum atomic E-state index is 11.6. The quantitative estimate of drug-likeness (QED) is 0.590. The van der Waals surface area contributed by atoms with Crippen molar-refractivity contribution < 1.29 is 9.59 Å².